The van der Waals surface area contributed by atoms with E-state index in [2.05, 4.69) is 28.6 Å². The zero-order valence-corrected chi connectivity index (χ0v) is 16.3. The van der Waals surface area contributed by atoms with E-state index in [0.29, 0.717) is 5.75 Å². The van der Waals surface area contributed by atoms with Gasteiger partial charge in [-0.2, -0.15) is 24.4 Å². The van der Waals surface area contributed by atoms with Gasteiger partial charge in [0.2, 0.25) is 17.7 Å². The zero-order valence-electron chi connectivity index (χ0n) is 14.6. The highest BCUT2D eigenvalue weighted by Crippen LogP contribution is 2.02. The number of rotatable bonds is 13. The normalized spacial score (nSPS) is 13.7. The molecular weight excluding hydrogens is 400 g/mol. The number of thioether (sulfide) groups is 1. The van der Waals surface area contributed by atoms with Crippen molar-refractivity contribution < 1.29 is 34.2 Å². The fourth-order valence-corrected chi connectivity index (χ4v) is 2.51. The molecule has 0 aliphatic rings. The smallest absolute Gasteiger partial charge is 0.326 e. The molecule has 0 aromatic heterocycles. The van der Waals surface area contributed by atoms with Crippen LogP contribution >= 0.6 is 24.4 Å². The van der Waals surface area contributed by atoms with Crippen LogP contribution in [-0.4, -0.2) is 82.3 Å². The summed E-state index contributed by atoms with van der Waals surface area (Å²) < 4.78 is 0. The van der Waals surface area contributed by atoms with Gasteiger partial charge < -0.3 is 31.9 Å². The molecule has 0 aromatic rings. The number of carboxylic acid groups (broad SMARTS) is 2. The predicted molar refractivity (Wildman–Crippen MR) is 102 cm³/mol. The summed E-state index contributed by atoms with van der Waals surface area (Å²) >= 11 is 5.38. The number of amides is 3. The maximum Gasteiger partial charge on any atom is 0.326 e. The second-order valence-electron chi connectivity index (χ2n) is 5.41. The lowest BCUT2D eigenvalue weighted by Gasteiger charge is -2.20. The third kappa shape index (κ3) is 10.7. The number of hydrogen-bond donors (Lipinski definition) is 7. The van der Waals surface area contributed by atoms with Crippen LogP contribution in [0.2, 0.25) is 0 Å². The number of nitrogens with two attached hydrogens (primary N) is 1. The number of carbonyl (C=O) groups excluding carboxylic acids is 3. The van der Waals surface area contributed by atoms with Gasteiger partial charge in [0.05, 0.1) is 19.0 Å². The average Bonchev–Trinajstić information content (AvgIpc) is 2.59. The van der Waals surface area contributed by atoms with Crippen LogP contribution in [0.25, 0.3) is 0 Å². The van der Waals surface area contributed by atoms with Crippen molar-refractivity contribution in [2.24, 2.45) is 5.73 Å². The maximum absolute atomic E-state index is 12.1. The molecule has 3 atom stereocenters. The van der Waals surface area contributed by atoms with Crippen molar-refractivity contribution in [3.63, 3.8) is 0 Å². The summed E-state index contributed by atoms with van der Waals surface area (Å²) in [7, 11) is 0. The number of aliphatic carboxylic acids is 2. The highest BCUT2D eigenvalue weighted by atomic mass is 32.2. The molecule has 0 aliphatic heterocycles. The molecule has 0 radical (unpaired) electrons. The maximum atomic E-state index is 12.1. The Kier molecular flexibility index (Phi) is 12.2. The van der Waals surface area contributed by atoms with Gasteiger partial charge in [0, 0.05) is 5.75 Å². The molecule has 3 amide bonds. The Bertz CT molecular complexity index is 562. The van der Waals surface area contributed by atoms with Crippen molar-refractivity contribution >= 4 is 54.1 Å². The molecule has 0 aliphatic carbocycles. The molecule has 0 aromatic carbocycles. The van der Waals surface area contributed by atoms with E-state index in [1.54, 1.807) is 6.26 Å². The monoisotopic (exact) mass is 424 g/mol. The SMILES string of the molecule is CSCCC(NC(=O)C(CS)NC(=O)CNC(=O)C(N)CC(=O)O)C(=O)O. The molecule has 0 saturated carbocycles. The first-order valence-electron chi connectivity index (χ1n) is 7.79. The molecule has 0 saturated heterocycles. The van der Waals surface area contributed by atoms with Crippen LogP contribution in [0.4, 0.5) is 0 Å². The predicted octanol–water partition coefficient (Wildman–Crippen LogP) is -2.36. The van der Waals surface area contributed by atoms with E-state index in [1.165, 1.54) is 11.8 Å². The van der Waals surface area contributed by atoms with Gasteiger partial charge in [-0.25, -0.2) is 4.79 Å². The Morgan fingerprint density at radius 2 is 1.70 bits per heavy atom. The van der Waals surface area contributed by atoms with Gasteiger partial charge >= 0.3 is 11.9 Å². The summed E-state index contributed by atoms with van der Waals surface area (Å²) in [4.78, 5) is 57.2. The molecule has 154 valence electrons. The molecule has 7 N–H and O–H groups in total. The minimum absolute atomic E-state index is 0.0983. The number of thiol groups is 1. The van der Waals surface area contributed by atoms with E-state index in [0.717, 1.165) is 0 Å². The average molecular weight is 425 g/mol. The summed E-state index contributed by atoms with van der Waals surface area (Å²) in [5.74, 6) is -4.32. The Morgan fingerprint density at radius 3 is 2.19 bits per heavy atom. The summed E-state index contributed by atoms with van der Waals surface area (Å²) in [5.41, 5.74) is 5.34. The van der Waals surface area contributed by atoms with Crippen LogP contribution in [0.3, 0.4) is 0 Å². The van der Waals surface area contributed by atoms with Gasteiger partial charge in [-0.05, 0) is 18.4 Å². The molecule has 13 heteroatoms. The first-order valence-corrected chi connectivity index (χ1v) is 9.82. The highest BCUT2D eigenvalue weighted by molar-refractivity contribution is 7.98. The van der Waals surface area contributed by atoms with E-state index in [9.17, 15) is 24.0 Å². The zero-order chi connectivity index (χ0) is 21.0. The Hall–Kier alpha value is -1.99. The van der Waals surface area contributed by atoms with Gasteiger partial charge in [-0.1, -0.05) is 0 Å². The minimum Gasteiger partial charge on any atom is -0.481 e. The highest BCUT2D eigenvalue weighted by Gasteiger charge is 2.26. The van der Waals surface area contributed by atoms with E-state index in [4.69, 9.17) is 15.9 Å². The van der Waals surface area contributed by atoms with Crippen LogP contribution in [0.15, 0.2) is 0 Å². The summed E-state index contributed by atoms with van der Waals surface area (Å²) in [5, 5.41) is 24.4. The van der Waals surface area contributed by atoms with Gasteiger partial charge in [0.1, 0.15) is 12.1 Å². The topological polar surface area (TPSA) is 188 Å². The Morgan fingerprint density at radius 1 is 1.07 bits per heavy atom. The van der Waals surface area contributed by atoms with Gasteiger partial charge in [-0.15, -0.1) is 0 Å². The van der Waals surface area contributed by atoms with Crippen LogP contribution in [0.5, 0.6) is 0 Å². The molecule has 0 fully saturated rings. The number of carboxylic acids is 2. The van der Waals surface area contributed by atoms with Crippen molar-refractivity contribution in [2.75, 3.05) is 24.3 Å². The first-order chi connectivity index (χ1) is 12.6. The van der Waals surface area contributed by atoms with E-state index < -0.39 is 60.8 Å². The van der Waals surface area contributed by atoms with Crippen molar-refractivity contribution in [1.29, 1.82) is 0 Å². The first kappa shape index (κ1) is 25.0. The molecule has 27 heavy (non-hydrogen) atoms. The molecule has 0 rings (SSSR count). The number of nitrogens with one attached hydrogen (secondary N) is 3. The fourth-order valence-electron chi connectivity index (χ4n) is 1.78. The van der Waals surface area contributed by atoms with E-state index in [1.807, 2.05) is 0 Å². The van der Waals surface area contributed by atoms with Crippen LogP contribution in [-0.2, 0) is 24.0 Å². The largest absolute Gasteiger partial charge is 0.481 e. The standard InChI is InChI=1S/C14H24N4O7S2/c1-27-3-2-8(14(24)25)18-13(23)9(6-26)17-10(19)5-16-12(22)7(15)4-11(20)21/h7-9,26H,2-6,15H2,1H3,(H,16,22)(H,17,19)(H,18,23)(H,20,21)(H,24,25). The third-order valence-corrected chi connectivity index (χ3v) is 4.22. The summed E-state index contributed by atoms with van der Waals surface area (Å²) in [6.07, 6.45) is 1.42. The van der Waals surface area contributed by atoms with Crippen molar-refractivity contribution in [2.45, 2.75) is 31.0 Å². The van der Waals surface area contributed by atoms with Gasteiger partial charge in [-0.3, -0.25) is 19.2 Å². The third-order valence-electron chi connectivity index (χ3n) is 3.21. The van der Waals surface area contributed by atoms with Crippen LogP contribution < -0.4 is 21.7 Å². The van der Waals surface area contributed by atoms with Crippen LogP contribution in [0, 0.1) is 0 Å². The van der Waals surface area contributed by atoms with Crippen LogP contribution in [0.1, 0.15) is 12.8 Å². The molecule has 0 heterocycles. The minimum atomic E-state index is -1.31. The molecule has 3 unspecified atom stereocenters. The van der Waals surface area contributed by atoms with Crippen molar-refractivity contribution in [3.8, 4) is 0 Å². The lowest BCUT2D eigenvalue weighted by atomic mass is 10.2. The summed E-state index contributed by atoms with van der Waals surface area (Å²) in [6.45, 7) is -0.529. The summed E-state index contributed by atoms with van der Waals surface area (Å²) in [6, 6.07) is -3.52. The second kappa shape index (κ2) is 13.2. The van der Waals surface area contributed by atoms with E-state index >= 15 is 0 Å². The molecule has 11 nitrogen and oxygen atoms in total. The van der Waals surface area contributed by atoms with E-state index in [-0.39, 0.29) is 12.2 Å². The van der Waals surface area contributed by atoms with Crippen molar-refractivity contribution in [3.05, 3.63) is 0 Å². The quantitative estimate of drug-likeness (QED) is 0.159. The number of carbonyl (C=O) groups is 5. The fraction of sp³-hybridized carbons (Fsp3) is 0.643. The Labute approximate surface area is 165 Å². The van der Waals surface area contributed by atoms with Gasteiger partial charge in [0.15, 0.2) is 0 Å². The van der Waals surface area contributed by atoms with Crippen molar-refractivity contribution in [1.82, 2.24) is 16.0 Å². The Balaban J connectivity index is 4.57. The van der Waals surface area contributed by atoms with Gasteiger partial charge in [0.25, 0.3) is 0 Å². The molecular formula is C14H24N4O7S2. The molecule has 0 bridgehead atoms. The number of hydrogen-bond acceptors (Lipinski definition) is 8. The lowest BCUT2D eigenvalue weighted by Crippen LogP contribution is -2.54. The molecule has 0 spiro atoms. The lowest BCUT2D eigenvalue weighted by molar-refractivity contribution is -0.142. The second-order valence-corrected chi connectivity index (χ2v) is 6.76.